The number of carbonyl (C=O) groups excluding carboxylic acids is 1. The van der Waals surface area contributed by atoms with Crippen LogP contribution in [0.2, 0.25) is 0 Å². The smallest absolute Gasteiger partial charge is 0.322 e. The van der Waals surface area contributed by atoms with Gasteiger partial charge in [0.05, 0.1) is 13.2 Å². The molecule has 146 valence electrons. The summed E-state index contributed by atoms with van der Waals surface area (Å²) in [6.45, 7) is 4.98. The van der Waals surface area contributed by atoms with Crippen molar-refractivity contribution in [3.63, 3.8) is 0 Å². The molecule has 2 aromatic carbocycles. The van der Waals surface area contributed by atoms with E-state index in [0.29, 0.717) is 31.1 Å². The molecule has 0 aliphatic heterocycles. The Balaban J connectivity index is 1.74. The van der Waals surface area contributed by atoms with Gasteiger partial charge in [0.1, 0.15) is 23.1 Å². The number of hydrogen-bond donors (Lipinski definition) is 1. The average Bonchev–Trinajstić information content (AvgIpc) is 3.09. The first-order valence-corrected chi connectivity index (χ1v) is 9.12. The summed E-state index contributed by atoms with van der Waals surface area (Å²) < 4.78 is 24.2. The van der Waals surface area contributed by atoms with Gasteiger partial charge in [0.25, 0.3) is 0 Å². The predicted octanol–water partition coefficient (Wildman–Crippen LogP) is 5.36. The van der Waals surface area contributed by atoms with Crippen molar-refractivity contribution in [1.29, 1.82) is 0 Å². The lowest BCUT2D eigenvalue weighted by Crippen LogP contribution is -2.34. The Morgan fingerprint density at radius 2 is 1.75 bits per heavy atom. The van der Waals surface area contributed by atoms with Gasteiger partial charge < -0.3 is 19.4 Å². The second kappa shape index (κ2) is 9.08. The molecule has 0 saturated heterocycles. The summed E-state index contributed by atoms with van der Waals surface area (Å²) in [6.07, 6.45) is 0. The molecule has 0 bridgehead atoms. The van der Waals surface area contributed by atoms with Crippen LogP contribution < -0.4 is 10.1 Å². The van der Waals surface area contributed by atoms with E-state index in [4.69, 9.17) is 9.15 Å². The van der Waals surface area contributed by atoms with Gasteiger partial charge in [-0.15, -0.1) is 0 Å². The van der Waals surface area contributed by atoms with Gasteiger partial charge in [0.2, 0.25) is 0 Å². The zero-order chi connectivity index (χ0) is 19.9. The van der Waals surface area contributed by atoms with E-state index in [9.17, 15) is 9.18 Å². The Morgan fingerprint density at radius 1 is 1.04 bits per heavy atom. The minimum absolute atomic E-state index is 0.275. The number of aryl methyl sites for hydroxylation is 1. The maximum atomic E-state index is 13.2. The highest BCUT2D eigenvalue weighted by Crippen LogP contribution is 2.18. The average molecular weight is 382 g/mol. The van der Waals surface area contributed by atoms with Crippen molar-refractivity contribution >= 4 is 11.7 Å². The molecule has 3 rings (SSSR count). The quantitative estimate of drug-likeness (QED) is 0.598. The maximum Gasteiger partial charge on any atom is 0.322 e. The van der Waals surface area contributed by atoms with Crippen molar-refractivity contribution in [1.82, 2.24) is 4.90 Å². The number of benzene rings is 2. The van der Waals surface area contributed by atoms with Gasteiger partial charge in [-0.25, -0.2) is 9.18 Å². The fourth-order valence-corrected chi connectivity index (χ4v) is 2.77. The maximum absolute atomic E-state index is 13.2. The van der Waals surface area contributed by atoms with Gasteiger partial charge in [-0.05, 0) is 67.9 Å². The molecule has 0 radical (unpaired) electrons. The lowest BCUT2D eigenvalue weighted by molar-refractivity contribution is 0.201. The summed E-state index contributed by atoms with van der Waals surface area (Å²) in [6, 6.07) is 16.7. The van der Waals surface area contributed by atoms with Gasteiger partial charge in [0.15, 0.2) is 0 Å². The fourth-order valence-electron chi connectivity index (χ4n) is 2.77. The number of nitrogens with one attached hydrogen (secondary N) is 1. The van der Waals surface area contributed by atoms with Crippen LogP contribution in [0.4, 0.5) is 14.9 Å². The van der Waals surface area contributed by atoms with Crippen molar-refractivity contribution in [2.75, 3.05) is 11.9 Å². The summed E-state index contributed by atoms with van der Waals surface area (Å²) in [5.74, 6) is 1.90. The van der Waals surface area contributed by atoms with Gasteiger partial charge >= 0.3 is 6.03 Å². The molecule has 28 heavy (non-hydrogen) atoms. The molecule has 0 atom stereocenters. The molecule has 1 aromatic heterocycles. The number of carbonyl (C=O) groups is 1. The molecule has 1 heterocycles. The summed E-state index contributed by atoms with van der Waals surface area (Å²) in [5.41, 5.74) is 1.49. The SMILES string of the molecule is CCOc1ccc(NC(=O)N(Cc2ccc(F)cc2)Cc2ccc(C)o2)cc1. The van der Waals surface area contributed by atoms with Crippen LogP contribution in [0.5, 0.6) is 5.75 Å². The molecule has 1 N–H and O–H groups in total. The first-order valence-electron chi connectivity index (χ1n) is 9.12. The van der Waals surface area contributed by atoms with Crippen LogP contribution in [0.15, 0.2) is 65.1 Å². The van der Waals surface area contributed by atoms with Crippen LogP contribution >= 0.6 is 0 Å². The molecule has 0 aliphatic carbocycles. The Bertz CT molecular complexity index is 904. The van der Waals surface area contributed by atoms with Crippen molar-refractivity contribution in [2.45, 2.75) is 26.9 Å². The van der Waals surface area contributed by atoms with E-state index in [-0.39, 0.29) is 11.8 Å². The third-order valence-electron chi connectivity index (χ3n) is 4.13. The molecule has 0 fully saturated rings. The van der Waals surface area contributed by atoms with Crippen LogP contribution in [0.25, 0.3) is 0 Å². The zero-order valence-electron chi connectivity index (χ0n) is 15.9. The Morgan fingerprint density at radius 3 is 2.36 bits per heavy atom. The molecule has 0 saturated carbocycles. The van der Waals surface area contributed by atoms with E-state index < -0.39 is 0 Å². The lowest BCUT2D eigenvalue weighted by atomic mass is 10.2. The Hall–Kier alpha value is -3.28. The van der Waals surface area contributed by atoms with Crippen LogP contribution in [0.3, 0.4) is 0 Å². The summed E-state index contributed by atoms with van der Waals surface area (Å²) in [4.78, 5) is 14.5. The van der Waals surface area contributed by atoms with Gasteiger partial charge in [-0.1, -0.05) is 12.1 Å². The first-order chi connectivity index (χ1) is 13.5. The highest BCUT2D eigenvalue weighted by Gasteiger charge is 2.17. The summed E-state index contributed by atoms with van der Waals surface area (Å²) in [5, 5.41) is 2.89. The number of amides is 2. The molecule has 0 spiro atoms. The molecule has 0 aliphatic rings. The molecular weight excluding hydrogens is 359 g/mol. The minimum atomic E-state index is -0.309. The van der Waals surface area contributed by atoms with Gasteiger partial charge in [0, 0.05) is 12.2 Å². The number of nitrogens with zero attached hydrogens (tertiary/aromatic N) is 1. The third kappa shape index (κ3) is 5.36. The van der Waals surface area contributed by atoms with E-state index in [1.807, 2.05) is 26.0 Å². The molecule has 2 amide bonds. The molecule has 6 heteroatoms. The second-order valence-corrected chi connectivity index (χ2v) is 6.38. The predicted molar refractivity (Wildman–Crippen MR) is 106 cm³/mol. The summed E-state index contributed by atoms with van der Waals surface area (Å²) >= 11 is 0. The highest BCUT2D eigenvalue weighted by atomic mass is 19.1. The number of urea groups is 1. The number of rotatable bonds is 7. The number of furan rings is 1. The van der Waals surface area contributed by atoms with Gasteiger partial charge in [-0.3, -0.25) is 0 Å². The highest BCUT2D eigenvalue weighted by molar-refractivity contribution is 5.89. The first kappa shape index (κ1) is 19.5. The normalized spacial score (nSPS) is 10.5. The minimum Gasteiger partial charge on any atom is -0.494 e. The fraction of sp³-hybridized carbons (Fsp3) is 0.227. The van der Waals surface area contributed by atoms with Crippen molar-refractivity contribution in [3.8, 4) is 5.75 Å². The van der Waals surface area contributed by atoms with Crippen LogP contribution in [-0.2, 0) is 13.1 Å². The standard InChI is InChI=1S/C22H23FN2O3/c1-3-27-20-12-9-19(10-13-20)24-22(26)25(15-21-11-4-16(2)28-21)14-17-5-7-18(23)8-6-17/h4-13H,3,14-15H2,1-2H3,(H,24,26). The van der Waals surface area contributed by atoms with E-state index in [0.717, 1.165) is 17.1 Å². The van der Waals surface area contributed by atoms with E-state index in [1.54, 1.807) is 41.3 Å². The van der Waals surface area contributed by atoms with Crippen molar-refractivity contribution in [3.05, 3.63) is 83.6 Å². The van der Waals surface area contributed by atoms with Crippen LogP contribution in [-0.4, -0.2) is 17.5 Å². The van der Waals surface area contributed by atoms with E-state index >= 15 is 0 Å². The third-order valence-corrected chi connectivity index (χ3v) is 4.13. The van der Waals surface area contributed by atoms with E-state index in [1.165, 1.54) is 12.1 Å². The lowest BCUT2D eigenvalue weighted by Gasteiger charge is -2.22. The summed E-state index contributed by atoms with van der Waals surface area (Å²) in [7, 11) is 0. The molecule has 3 aromatic rings. The Kier molecular flexibility index (Phi) is 6.32. The van der Waals surface area contributed by atoms with Crippen molar-refractivity contribution in [2.24, 2.45) is 0 Å². The van der Waals surface area contributed by atoms with Crippen LogP contribution in [0, 0.1) is 12.7 Å². The van der Waals surface area contributed by atoms with E-state index in [2.05, 4.69) is 5.32 Å². The van der Waals surface area contributed by atoms with Crippen LogP contribution in [0.1, 0.15) is 24.0 Å². The van der Waals surface area contributed by atoms with Crippen molar-refractivity contribution < 1.29 is 18.3 Å². The largest absolute Gasteiger partial charge is 0.494 e. The number of ether oxygens (including phenoxy) is 1. The number of anilines is 1. The Labute approximate surface area is 163 Å². The monoisotopic (exact) mass is 382 g/mol. The van der Waals surface area contributed by atoms with Gasteiger partial charge in [-0.2, -0.15) is 0 Å². The molecule has 0 unspecified atom stereocenters. The number of hydrogen-bond acceptors (Lipinski definition) is 3. The topological polar surface area (TPSA) is 54.7 Å². The number of halogens is 1. The zero-order valence-corrected chi connectivity index (χ0v) is 15.9. The second-order valence-electron chi connectivity index (χ2n) is 6.38. The molecular formula is C22H23FN2O3. The molecule has 5 nitrogen and oxygen atoms in total.